The smallest absolute Gasteiger partial charge is 0.316 e. The molecule has 0 radical (unpaired) electrons. The highest BCUT2D eigenvalue weighted by Gasteiger charge is 2.19. The molecule has 1 aromatic heterocycles. The van der Waals surface area contributed by atoms with E-state index in [1.54, 1.807) is 18.2 Å². The van der Waals surface area contributed by atoms with Gasteiger partial charge in [-0.15, -0.1) is 0 Å². The summed E-state index contributed by atoms with van der Waals surface area (Å²) in [5, 5.41) is 3.01. The van der Waals surface area contributed by atoms with E-state index in [0.29, 0.717) is 35.7 Å². The number of fused-ring (bicyclic) bond motifs is 1. The lowest BCUT2D eigenvalue weighted by Gasteiger charge is -2.33. The molecule has 1 aliphatic heterocycles. The average molecular weight is 435 g/mol. The second-order valence-corrected chi connectivity index (χ2v) is 8.50. The summed E-state index contributed by atoms with van der Waals surface area (Å²) in [6.45, 7) is 6.91. The van der Waals surface area contributed by atoms with Gasteiger partial charge in [-0.3, -0.25) is 19.3 Å². The van der Waals surface area contributed by atoms with Crippen LogP contribution >= 0.6 is 0 Å². The SMILES string of the molecule is CCn1c(=O)c(=O)[nH]c2cc(C(=O)NCc3ccccc3CN3CCCCC3C)ccc21. The van der Waals surface area contributed by atoms with E-state index in [4.69, 9.17) is 0 Å². The van der Waals surface area contributed by atoms with Crippen LogP contribution in [-0.4, -0.2) is 32.9 Å². The first kappa shape index (κ1) is 22.0. The summed E-state index contributed by atoms with van der Waals surface area (Å²) in [6.07, 6.45) is 3.76. The van der Waals surface area contributed by atoms with Crippen LogP contribution in [-0.2, 0) is 19.6 Å². The molecule has 1 unspecified atom stereocenters. The number of aromatic nitrogens is 2. The fourth-order valence-corrected chi connectivity index (χ4v) is 4.51. The predicted molar refractivity (Wildman–Crippen MR) is 126 cm³/mol. The van der Waals surface area contributed by atoms with Gasteiger partial charge in [0.2, 0.25) is 0 Å². The normalized spacial score (nSPS) is 16.9. The fourth-order valence-electron chi connectivity index (χ4n) is 4.51. The van der Waals surface area contributed by atoms with Gasteiger partial charge in [0, 0.05) is 31.2 Å². The summed E-state index contributed by atoms with van der Waals surface area (Å²) in [4.78, 5) is 41.9. The van der Waals surface area contributed by atoms with Gasteiger partial charge >= 0.3 is 11.1 Å². The van der Waals surface area contributed by atoms with E-state index in [-0.39, 0.29) is 5.91 Å². The van der Waals surface area contributed by atoms with Gasteiger partial charge < -0.3 is 14.9 Å². The van der Waals surface area contributed by atoms with Gasteiger partial charge in [-0.05, 0) is 62.6 Å². The van der Waals surface area contributed by atoms with Gasteiger partial charge in [0.25, 0.3) is 5.91 Å². The molecule has 2 N–H and O–H groups in total. The van der Waals surface area contributed by atoms with Crippen molar-refractivity contribution in [1.82, 2.24) is 19.8 Å². The topological polar surface area (TPSA) is 87.2 Å². The lowest BCUT2D eigenvalue weighted by molar-refractivity contribution is 0.0950. The summed E-state index contributed by atoms with van der Waals surface area (Å²) in [6, 6.07) is 13.8. The third kappa shape index (κ3) is 4.53. The molecule has 0 saturated carbocycles. The maximum absolute atomic E-state index is 12.8. The van der Waals surface area contributed by atoms with Crippen LogP contribution in [0.5, 0.6) is 0 Å². The molecule has 7 nitrogen and oxygen atoms in total. The lowest BCUT2D eigenvalue weighted by atomic mass is 10.0. The van der Waals surface area contributed by atoms with E-state index in [9.17, 15) is 14.4 Å². The van der Waals surface area contributed by atoms with Gasteiger partial charge in [-0.1, -0.05) is 30.7 Å². The van der Waals surface area contributed by atoms with Crippen LogP contribution in [0.1, 0.15) is 54.6 Å². The number of carbonyl (C=O) groups excluding carboxylic acids is 1. The molecule has 168 valence electrons. The van der Waals surface area contributed by atoms with Crippen molar-refractivity contribution >= 4 is 16.9 Å². The molecule has 3 aromatic rings. The maximum atomic E-state index is 12.8. The van der Waals surface area contributed by atoms with Crippen molar-refractivity contribution < 1.29 is 4.79 Å². The molecule has 0 aliphatic carbocycles. The number of piperidine rings is 1. The third-order valence-corrected chi connectivity index (χ3v) is 6.43. The van der Waals surface area contributed by atoms with Crippen molar-refractivity contribution in [1.29, 1.82) is 0 Å². The van der Waals surface area contributed by atoms with Crippen molar-refractivity contribution in [2.24, 2.45) is 0 Å². The van der Waals surface area contributed by atoms with Crippen LogP contribution in [0.15, 0.2) is 52.1 Å². The van der Waals surface area contributed by atoms with Crippen molar-refractivity contribution in [3.8, 4) is 0 Å². The van der Waals surface area contributed by atoms with Gasteiger partial charge in [0.1, 0.15) is 0 Å². The van der Waals surface area contributed by atoms with E-state index in [0.717, 1.165) is 18.7 Å². The zero-order chi connectivity index (χ0) is 22.7. The van der Waals surface area contributed by atoms with E-state index in [2.05, 4.69) is 34.3 Å². The Bertz CT molecular complexity index is 1240. The molecule has 2 heterocycles. The minimum atomic E-state index is -0.683. The minimum absolute atomic E-state index is 0.219. The number of amides is 1. The number of hydrogen-bond acceptors (Lipinski definition) is 4. The van der Waals surface area contributed by atoms with Gasteiger partial charge in [-0.2, -0.15) is 0 Å². The molecule has 0 bridgehead atoms. The monoisotopic (exact) mass is 434 g/mol. The molecule has 32 heavy (non-hydrogen) atoms. The summed E-state index contributed by atoms with van der Waals surface area (Å²) >= 11 is 0. The molecule has 1 amide bonds. The number of carbonyl (C=O) groups is 1. The molecular formula is C25H30N4O3. The summed E-state index contributed by atoms with van der Waals surface area (Å²) in [5.74, 6) is -0.219. The van der Waals surface area contributed by atoms with Crippen molar-refractivity contribution in [2.75, 3.05) is 6.54 Å². The molecule has 1 fully saturated rings. The minimum Gasteiger partial charge on any atom is -0.348 e. The first-order chi connectivity index (χ1) is 15.5. The molecule has 1 atom stereocenters. The van der Waals surface area contributed by atoms with Crippen LogP contribution in [0.2, 0.25) is 0 Å². The number of likely N-dealkylation sites (tertiary alicyclic amines) is 1. The van der Waals surface area contributed by atoms with Crippen LogP contribution in [0.4, 0.5) is 0 Å². The van der Waals surface area contributed by atoms with E-state index in [1.807, 2.05) is 19.1 Å². The molecule has 7 heteroatoms. The number of nitrogens with one attached hydrogen (secondary N) is 2. The zero-order valence-corrected chi connectivity index (χ0v) is 18.7. The largest absolute Gasteiger partial charge is 0.348 e. The highest BCUT2D eigenvalue weighted by atomic mass is 16.2. The Balaban J connectivity index is 1.51. The quantitative estimate of drug-likeness (QED) is 0.584. The summed E-state index contributed by atoms with van der Waals surface area (Å²) in [5.41, 5.74) is 2.59. The Labute approximate surface area is 187 Å². The highest BCUT2D eigenvalue weighted by molar-refractivity contribution is 5.97. The van der Waals surface area contributed by atoms with E-state index < -0.39 is 11.1 Å². The van der Waals surface area contributed by atoms with Gasteiger partial charge in [0.15, 0.2) is 0 Å². The number of benzene rings is 2. The molecule has 2 aromatic carbocycles. The van der Waals surface area contributed by atoms with Crippen molar-refractivity contribution in [2.45, 2.75) is 58.8 Å². The molecule has 4 rings (SSSR count). The number of hydrogen-bond donors (Lipinski definition) is 2. The number of nitrogens with zero attached hydrogens (tertiary/aromatic N) is 2. The number of H-pyrrole nitrogens is 1. The molecule has 1 saturated heterocycles. The Morgan fingerprint density at radius 2 is 1.91 bits per heavy atom. The Morgan fingerprint density at radius 3 is 2.66 bits per heavy atom. The highest BCUT2D eigenvalue weighted by Crippen LogP contribution is 2.21. The van der Waals surface area contributed by atoms with Crippen LogP contribution < -0.4 is 16.4 Å². The van der Waals surface area contributed by atoms with Crippen LogP contribution in [0, 0.1) is 0 Å². The first-order valence-corrected chi connectivity index (χ1v) is 11.3. The second-order valence-electron chi connectivity index (χ2n) is 8.50. The van der Waals surface area contributed by atoms with Crippen LogP contribution in [0.25, 0.3) is 11.0 Å². The standard InChI is InChI=1S/C25H30N4O3/c1-3-29-22-12-11-18(14-21(22)27-24(31)25(29)32)23(30)26-15-19-9-4-5-10-20(19)16-28-13-7-6-8-17(28)2/h4-5,9-12,14,17H,3,6-8,13,15-16H2,1-2H3,(H,26,30)(H,27,31). The Hall–Kier alpha value is -3.19. The van der Waals surface area contributed by atoms with E-state index >= 15 is 0 Å². The number of aromatic amines is 1. The van der Waals surface area contributed by atoms with Gasteiger partial charge in [0.05, 0.1) is 11.0 Å². The third-order valence-electron chi connectivity index (χ3n) is 6.43. The first-order valence-electron chi connectivity index (χ1n) is 11.3. The van der Waals surface area contributed by atoms with Crippen LogP contribution in [0.3, 0.4) is 0 Å². The lowest BCUT2D eigenvalue weighted by Crippen LogP contribution is -2.37. The fraction of sp³-hybridized carbons (Fsp3) is 0.400. The Morgan fingerprint density at radius 1 is 1.12 bits per heavy atom. The second kappa shape index (κ2) is 9.53. The maximum Gasteiger partial charge on any atom is 0.316 e. The number of rotatable bonds is 6. The van der Waals surface area contributed by atoms with E-state index in [1.165, 1.54) is 29.4 Å². The summed E-state index contributed by atoms with van der Waals surface area (Å²) in [7, 11) is 0. The molecule has 1 aliphatic rings. The zero-order valence-electron chi connectivity index (χ0n) is 18.7. The molecule has 0 spiro atoms. The predicted octanol–water partition coefficient (Wildman–Crippen LogP) is 3.01. The van der Waals surface area contributed by atoms with Crippen molar-refractivity contribution in [3.05, 3.63) is 79.9 Å². The number of aryl methyl sites for hydroxylation is 1. The Kier molecular flexibility index (Phi) is 6.55. The molecular weight excluding hydrogens is 404 g/mol. The van der Waals surface area contributed by atoms with Crippen molar-refractivity contribution in [3.63, 3.8) is 0 Å². The summed E-state index contributed by atoms with van der Waals surface area (Å²) < 4.78 is 1.41. The average Bonchev–Trinajstić information content (AvgIpc) is 2.80. The van der Waals surface area contributed by atoms with Gasteiger partial charge in [-0.25, -0.2) is 0 Å².